The first-order chi connectivity index (χ1) is 12.3. The molecule has 0 amide bonds. The van der Waals surface area contributed by atoms with E-state index in [9.17, 15) is 23.1 Å². The predicted molar refractivity (Wildman–Crippen MR) is 90.3 cm³/mol. The molecule has 1 unspecified atom stereocenters. The van der Waals surface area contributed by atoms with E-state index < -0.39 is 23.3 Å². The van der Waals surface area contributed by atoms with E-state index in [2.05, 4.69) is 9.72 Å². The average molecular weight is 363 g/mol. The number of rotatable bonds is 4. The summed E-state index contributed by atoms with van der Waals surface area (Å²) >= 11 is 0. The Kier molecular flexibility index (Phi) is 4.50. The summed E-state index contributed by atoms with van der Waals surface area (Å²) in [5, 5.41) is 10.7. The first-order valence-electron chi connectivity index (χ1n) is 7.93. The lowest BCUT2D eigenvalue weighted by atomic mass is 9.88. The van der Waals surface area contributed by atoms with Gasteiger partial charge in [0.05, 0.1) is 12.3 Å². The van der Waals surface area contributed by atoms with E-state index in [0.717, 1.165) is 0 Å². The Bertz CT molecular complexity index is 934. The summed E-state index contributed by atoms with van der Waals surface area (Å²) in [6, 6.07) is 14.4. The lowest BCUT2D eigenvalue weighted by molar-refractivity contribution is -0.267. The summed E-state index contributed by atoms with van der Waals surface area (Å²) in [4.78, 5) is 15.1. The monoisotopic (exact) mass is 363 g/mol. The Morgan fingerprint density at radius 2 is 1.69 bits per heavy atom. The van der Waals surface area contributed by atoms with E-state index in [1.807, 2.05) is 0 Å². The van der Waals surface area contributed by atoms with Crippen LogP contribution in [0.25, 0.3) is 22.2 Å². The Balaban J connectivity index is 2.39. The van der Waals surface area contributed by atoms with Gasteiger partial charge < -0.3 is 14.8 Å². The van der Waals surface area contributed by atoms with Crippen molar-refractivity contribution in [2.75, 3.05) is 6.61 Å². The van der Waals surface area contributed by atoms with Crippen molar-refractivity contribution < 1.29 is 27.8 Å². The number of benzene rings is 2. The summed E-state index contributed by atoms with van der Waals surface area (Å²) in [6.07, 6.45) is -5.27. The molecule has 0 bridgehead atoms. The molecule has 0 fully saturated rings. The van der Waals surface area contributed by atoms with Crippen molar-refractivity contribution in [1.29, 1.82) is 0 Å². The number of hydrogen-bond donors (Lipinski definition) is 2. The fourth-order valence-electron chi connectivity index (χ4n) is 2.93. The lowest BCUT2D eigenvalue weighted by Crippen LogP contribution is -2.50. The van der Waals surface area contributed by atoms with E-state index >= 15 is 0 Å². The van der Waals surface area contributed by atoms with Crippen molar-refractivity contribution in [3.63, 3.8) is 0 Å². The zero-order chi connectivity index (χ0) is 18.9. The maximum absolute atomic E-state index is 13.9. The molecular weight excluding hydrogens is 347 g/mol. The van der Waals surface area contributed by atoms with Crippen molar-refractivity contribution in [2.24, 2.45) is 0 Å². The molecule has 1 heterocycles. The van der Waals surface area contributed by atoms with Crippen LogP contribution in [0.1, 0.15) is 12.5 Å². The number of carbonyl (C=O) groups excluding carboxylic acids is 1. The summed E-state index contributed by atoms with van der Waals surface area (Å²) in [5.74, 6) is -1.76. The minimum atomic E-state index is -5.27. The highest BCUT2D eigenvalue weighted by Gasteiger charge is 2.64. The van der Waals surface area contributed by atoms with Gasteiger partial charge in [-0.1, -0.05) is 48.5 Å². The van der Waals surface area contributed by atoms with Crippen LogP contribution in [-0.4, -0.2) is 28.8 Å². The topological polar surface area (TPSA) is 62.3 Å². The number of aromatic nitrogens is 1. The van der Waals surface area contributed by atoms with Gasteiger partial charge >= 0.3 is 12.1 Å². The van der Waals surface area contributed by atoms with E-state index in [0.29, 0.717) is 11.1 Å². The number of carbonyl (C=O) groups is 1. The molecule has 0 radical (unpaired) electrons. The van der Waals surface area contributed by atoms with Gasteiger partial charge in [-0.3, -0.25) is 0 Å². The van der Waals surface area contributed by atoms with Gasteiger partial charge in [-0.15, -0.1) is 0 Å². The van der Waals surface area contributed by atoms with Crippen LogP contribution < -0.4 is 0 Å². The molecular formula is C19H16F3NO3. The number of nitrogens with one attached hydrogen (secondary N) is 1. The standard InChI is InChI=1S/C19H16F3NO3/c1-2-26-17(24)18(25,19(20,21)22)15-13-10-6-7-11-14(13)23-16(15)12-8-4-3-5-9-12/h3-11,23,25H,2H2,1H3. The maximum Gasteiger partial charge on any atom is 0.432 e. The third-order valence-electron chi connectivity index (χ3n) is 4.11. The molecule has 2 N–H and O–H groups in total. The number of esters is 1. The highest BCUT2D eigenvalue weighted by atomic mass is 19.4. The number of hydrogen-bond acceptors (Lipinski definition) is 3. The first-order valence-corrected chi connectivity index (χ1v) is 7.93. The number of ether oxygens (including phenoxy) is 1. The second-order valence-electron chi connectivity index (χ2n) is 5.72. The van der Waals surface area contributed by atoms with E-state index in [1.165, 1.54) is 19.1 Å². The molecule has 0 spiro atoms. The Hall–Kier alpha value is -2.80. The summed E-state index contributed by atoms with van der Waals surface area (Å²) in [7, 11) is 0. The van der Waals surface area contributed by atoms with Crippen LogP contribution in [0, 0.1) is 0 Å². The minimum Gasteiger partial charge on any atom is -0.463 e. The van der Waals surface area contributed by atoms with Crippen LogP contribution >= 0.6 is 0 Å². The zero-order valence-corrected chi connectivity index (χ0v) is 13.8. The molecule has 0 aliphatic rings. The molecule has 0 aliphatic carbocycles. The van der Waals surface area contributed by atoms with E-state index in [4.69, 9.17) is 0 Å². The van der Waals surface area contributed by atoms with E-state index in [-0.39, 0.29) is 17.7 Å². The van der Waals surface area contributed by atoms with Gasteiger partial charge in [-0.05, 0) is 18.6 Å². The number of fused-ring (bicyclic) bond motifs is 1. The maximum atomic E-state index is 13.9. The highest BCUT2D eigenvalue weighted by molar-refractivity contribution is 5.98. The number of para-hydroxylation sites is 1. The molecule has 0 saturated carbocycles. The van der Waals surface area contributed by atoms with Crippen LogP contribution in [0.5, 0.6) is 0 Å². The number of aliphatic hydroxyl groups is 1. The van der Waals surface area contributed by atoms with Gasteiger partial charge in [-0.25, -0.2) is 4.79 Å². The summed E-state index contributed by atoms with van der Waals surface area (Å²) < 4.78 is 46.3. The van der Waals surface area contributed by atoms with Crippen LogP contribution in [0.4, 0.5) is 13.2 Å². The molecule has 0 aliphatic heterocycles. The minimum absolute atomic E-state index is 0.0136. The number of aromatic amines is 1. The van der Waals surface area contributed by atoms with Gasteiger partial charge in [0.25, 0.3) is 5.60 Å². The van der Waals surface area contributed by atoms with Crippen LogP contribution in [0.2, 0.25) is 0 Å². The van der Waals surface area contributed by atoms with Crippen molar-refractivity contribution in [2.45, 2.75) is 18.7 Å². The van der Waals surface area contributed by atoms with Gasteiger partial charge in [0, 0.05) is 16.5 Å². The highest BCUT2D eigenvalue weighted by Crippen LogP contribution is 2.47. The second kappa shape index (κ2) is 6.49. The second-order valence-corrected chi connectivity index (χ2v) is 5.72. The fourth-order valence-corrected chi connectivity index (χ4v) is 2.93. The van der Waals surface area contributed by atoms with Crippen LogP contribution in [-0.2, 0) is 15.1 Å². The summed E-state index contributed by atoms with van der Waals surface area (Å²) in [6.45, 7) is 1.09. The third kappa shape index (κ3) is 2.74. The normalized spacial score (nSPS) is 14.2. The molecule has 26 heavy (non-hydrogen) atoms. The molecule has 136 valence electrons. The van der Waals surface area contributed by atoms with Crippen molar-refractivity contribution in [3.05, 3.63) is 60.2 Å². The Morgan fingerprint density at radius 1 is 1.08 bits per heavy atom. The van der Waals surface area contributed by atoms with Crippen molar-refractivity contribution in [3.8, 4) is 11.3 Å². The lowest BCUT2D eigenvalue weighted by Gasteiger charge is -2.29. The van der Waals surface area contributed by atoms with Crippen LogP contribution in [0.3, 0.4) is 0 Å². The van der Waals surface area contributed by atoms with Crippen LogP contribution in [0.15, 0.2) is 54.6 Å². The largest absolute Gasteiger partial charge is 0.463 e. The molecule has 2 aromatic carbocycles. The zero-order valence-electron chi connectivity index (χ0n) is 13.8. The number of alkyl halides is 3. The summed E-state index contributed by atoms with van der Waals surface area (Å²) in [5.41, 5.74) is -3.57. The molecule has 3 aromatic rings. The van der Waals surface area contributed by atoms with Crippen molar-refractivity contribution >= 4 is 16.9 Å². The Morgan fingerprint density at radius 3 is 2.31 bits per heavy atom. The molecule has 0 saturated heterocycles. The number of H-pyrrole nitrogens is 1. The average Bonchev–Trinajstić information content (AvgIpc) is 3.01. The molecule has 1 atom stereocenters. The first kappa shape index (κ1) is 18.0. The molecule has 1 aromatic heterocycles. The van der Waals surface area contributed by atoms with Gasteiger partial charge in [0.15, 0.2) is 0 Å². The number of halogens is 3. The fraction of sp³-hybridized carbons (Fsp3) is 0.211. The van der Waals surface area contributed by atoms with Crippen molar-refractivity contribution in [1.82, 2.24) is 4.98 Å². The Labute approximate surface area is 147 Å². The van der Waals surface area contributed by atoms with Gasteiger partial charge in [-0.2, -0.15) is 13.2 Å². The molecule has 7 heteroatoms. The quantitative estimate of drug-likeness (QED) is 0.685. The predicted octanol–water partition coefficient (Wildman–Crippen LogP) is 4.15. The SMILES string of the molecule is CCOC(=O)C(O)(c1c(-c2ccccc2)[nH]c2ccccc12)C(F)(F)F. The van der Waals surface area contributed by atoms with Gasteiger partial charge in [0.2, 0.25) is 0 Å². The molecule has 3 rings (SSSR count). The third-order valence-corrected chi connectivity index (χ3v) is 4.11. The molecule has 4 nitrogen and oxygen atoms in total. The van der Waals surface area contributed by atoms with Gasteiger partial charge in [0.1, 0.15) is 0 Å². The van der Waals surface area contributed by atoms with E-state index in [1.54, 1.807) is 42.5 Å². The smallest absolute Gasteiger partial charge is 0.432 e.